The number of nitrogens with zero attached hydrogens (tertiary/aromatic N) is 1. The van der Waals surface area contributed by atoms with Gasteiger partial charge in [0.15, 0.2) is 0 Å². The Kier molecular flexibility index (Phi) is 5.74. The van der Waals surface area contributed by atoms with Gasteiger partial charge in [-0.1, -0.05) is 24.1 Å². The highest BCUT2D eigenvalue weighted by atomic mass is 35.5. The summed E-state index contributed by atoms with van der Waals surface area (Å²) in [5.74, 6) is -0.661. The summed E-state index contributed by atoms with van der Waals surface area (Å²) in [4.78, 5) is 12.6. The molecule has 2 aromatic rings. The Hall–Kier alpha value is -2.09. The van der Waals surface area contributed by atoms with Crippen LogP contribution < -0.4 is 5.32 Å². The molecule has 2 N–H and O–H groups in total. The second-order valence-corrected chi connectivity index (χ2v) is 8.93. The summed E-state index contributed by atoms with van der Waals surface area (Å²) >= 11 is 6.13. The lowest BCUT2D eigenvalue weighted by molar-refractivity contribution is 0.102. The van der Waals surface area contributed by atoms with Crippen LogP contribution in [0.2, 0.25) is 5.02 Å². The fourth-order valence-electron chi connectivity index (χ4n) is 3.03. The number of aryl methyl sites for hydroxylation is 1. The van der Waals surface area contributed by atoms with Gasteiger partial charge in [0.05, 0.1) is 21.2 Å². The fourth-order valence-corrected chi connectivity index (χ4v) is 4.78. The maximum Gasteiger partial charge on any atom is 0.257 e. The molecule has 8 heteroatoms. The van der Waals surface area contributed by atoms with Crippen LogP contribution in [0.15, 0.2) is 41.3 Å². The van der Waals surface area contributed by atoms with Crippen molar-refractivity contribution < 1.29 is 18.3 Å². The Morgan fingerprint density at radius 3 is 2.48 bits per heavy atom. The largest absolute Gasteiger partial charge is 0.506 e. The number of anilines is 1. The first kappa shape index (κ1) is 19.7. The predicted octanol–water partition coefficient (Wildman–Crippen LogP) is 3.78. The molecule has 0 aliphatic carbocycles. The maximum atomic E-state index is 12.8. The van der Waals surface area contributed by atoms with Crippen LogP contribution in [0.4, 0.5) is 5.69 Å². The summed E-state index contributed by atoms with van der Waals surface area (Å²) in [5, 5.41) is 12.7. The second kappa shape index (κ2) is 7.88. The lowest BCUT2D eigenvalue weighted by Gasteiger charge is -2.26. The van der Waals surface area contributed by atoms with E-state index in [1.807, 2.05) is 6.92 Å². The normalized spacial score (nSPS) is 15.5. The van der Waals surface area contributed by atoms with Gasteiger partial charge in [0.25, 0.3) is 5.91 Å². The van der Waals surface area contributed by atoms with Crippen LogP contribution in [0.1, 0.15) is 35.2 Å². The highest BCUT2D eigenvalue weighted by Crippen LogP contribution is 2.28. The number of rotatable bonds is 4. The van der Waals surface area contributed by atoms with Crippen LogP contribution >= 0.6 is 11.6 Å². The number of halogens is 1. The topological polar surface area (TPSA) is 86.7 Å². The highest BCUT2D eigenvalue weighted by molar-refractivity contribution is 7.89. The Balaban J connectivity index is 1.89. The zero-order chi connectivity index (χ0) is 19.6. The highest BCUT2D eigenvalue weighted by Gasteiger charge is 2.27. The van der Waals surface area contributed by atoms with E-state index in [2.05, 4.69) is 5.32 Å². The molecule has 0 saturated carbocycles. The molecule has 27 heavy (non-hydrogen) atoms. The first-order chi connectivity index (χ1) is 12.8. The SMILES string of the molecule is Cc1ccc(NC(=O)c2cc(S(=O)(=O)N3CCCCC3)ccc2Cl)c(O)c1. The van der Waals surface area contributed by atoms with Crippen molar-refractivity contribution in [2.45, 2.75) is 31.1 Å². The van der Waals surface area contributed by atoms with E-state index in [4.69, 9.17) is 11.6 Å². The van der Waals surface area contributed by atoms with Crippen molar-refractivity contribution in [3.63, 3.8) is 0 Å². The van der Waals surface area contributed by atoms with Crippen LogP contribution in [0, 0.1) is 6.92 Å². The average molecular weight is 409 g/mol. The molecule has 2 aromatic carbocycles. The van der Waals surface area contributed by atoms with Gasteiger partial charge in [0.1, 0.15) is 5.75 Å². The van der Waals surface area contributed by atoms with E-state index in [0.29, 0.717) is 13.1 Å². The smallest absolute Gasteiger partial charge is 0.257 e. The number of aromatic hydroxyl groups is 1. The molecule has 0 aromatic heterocycles. The molecule has 1 aliphatic rings. The van der Waals surface area contributed by atoms with Gasteiger partial charge in [0, 0.05) is 13.1 Å². The lowest BCUT2D eigenvalue weighted by atomic mass is 10.1. The minimum atomic E-state index is -3.68. The molecule has 0 bridgehead atoms. The van der Waals surface area contributed by atoms with Crippen LogP contribution in [-0.2, 0) is 10.0 Å². The monoisotopic (exact) mass is 408 g/mol. The van der Waals surface area contributed by atoms with Gasteiger partial charge in [-0.3, -0.25) is 4.79 Å². The van der Waals surface area contributed by atoms with Gasteiger partial charge >= 0.3 is 0 Å². The minimum Gasteiger partial charge on any atom is -0.506 e. The maximum absolute atomic E-state index is 12.8. The van der Waals surface area contributed by atoms with E-state index in [1.54, 1.807) is 12.1 Å². The number of phenols is 1. The summed E-state index contributed by atoms with van der Waals surface area (Å²) in [7, 11) is -3.68. The number of hydrogen-bond donors (Lipinski definition) is 2. The van der Waals surface area contributed by atoms with Gasteiger partial charge in [0.2, 0.25) is 10.0 Å². The lowest BCUT2D eigenvalue weighted by Crippen LogP contribution is -2.35. The first-order valence-electron chi connectivity index (χ1n) is 8.70. The molecular formula is C19H21ClN2O4S. The van der Waals surface area contributed by atoms with E-state index in [9.17, 15) is 18.3 Å². The molecule has 1 heterocycles. The van der Waals surface area contributed by atoms with Crippen molar-refractivity contribution in [2.24, 2.45) is 0 Å². The number of phenolic OH excluding ortho intramolecular Hbond substituents is 1. The quantitative estimate of drug-likeness (QED) is 0.753. The third-order valence-corrected chi connectivity index (χ3v) is 6.76. The molecule has 1 aliphatic heterocycles. The van der Waals surface area contributed by atoms with E-state index in [0.717, 1.165) is 24.8 Å². The van der Waals surface area contributed by atoms with E-state index in [1.165, 1.54) is 28.6 Å². The molecule has 0 unspecified atom stereocenters. The molecule has 1 saturated heterocycles. The number of piperidine rings is 1. The average Bonchev–Trinajstić information content (AvgIpc) is 2.65. The third kappa shape index (κ3) is 4.26. The molecule has 6 nitrogen and oxygen atoms in total. The molecule has 1 fully saturated rings. The van der Waals surface area contributed by atoms with Crippen LogP contribution in [0.5, 0.6) is 5.75 Å². The molecule has 1 amide bonds. The third-order valence-electron chi connectivity index (χ3n) is 4.54. The zero-order valence-electron chi connectivity index (χ0n) is 14.9. The minimum absolute atomic E-state index is 0.0343. The molecule has 0 radical (unpaired) electrons. The van der Waals surface area contributed by atoms with Crippen molar-refractivity contribution in [3.8, 4) is 5.75 Å². The second-order valence-electron chi connectivity index (χ2n) is 6.58. The Bertz CT molecular complexity index is 970. The van der Waals surface area contributed by atoms with E-state index >= 15 is 0 Å². The van der Waals surface area contributed by atoms with Crippen molar-refractivity contribution in [1.29, 1.82) is 0 Å². The Morgan fingerprint density at radius 2 is 1.81 bits per heavy atom. The van der Waals surface area contributed by atoms with Gasteiger partial charge in [-0.25, -0.2) is 8.42 Å². The summed E-state index contributed by atoms with van der Waals surface area (Å²) in [6.45, 7) is 2.77. The molecule has 0 spiro atoms. The van der Waals surface area contributed by atoms with E-state index < -0.39 is 15.9 Å². The van der Waals surface area contributed by atoms with Crippen molar-refractivity contribution in [1.82, 2.24) is 4.31 Å². The fraction of sp³-hybridized carbons (Fsp3) is 0.316. The number of benzene rings is 2. The van der Waals surface area contributed by atoms with E-state index in [-0.39, 0.29) is 26.9 Å². The predicted molar refractivity (Wildman–Crippen MR) is 105 cm³/mol. The summed E-state index contributed by atoms with van der Waals surface area (Å²) < 4.78 is 27.1. The number of sulfonamides is 1. The van der Waals surface area contributed by atoms with Crippen LogP contribution in [0.25, 0.3) is 0 Å². The Morgan fingerprint density at radius 1 is 1.11 bits per heavy atom. The molecule has 144 valence electrons. The van der Waals surface area contributed by atoms with Gasteiger partial charge in [-0.15, -0.1) is 0 Å². The summed E-state index contributed by atoms with van der Waals surface area (Å²) in [5.41, 5.74) is 1.11. The van der Waals surface area contributed by atoms with Gasteiger partial charge in [-0.2, -0.15) is 4.31 Å². The van der Waals surface area contributed by atoms with Gasteiger partial charge < -0.3 is 10.4 Å². The van der Waals surface area contributed by atoms with Crippen LogP contribution in [-0.4, -0.2) is 36.8 Å². The molecular weight excluding hydrogens is 388 g/mol. The number of carbonyl (C=O) groups is 1. The number of carbonyl (C=O) groups excluding carboxylic acids is 1. The first-order valence-corrected chi connectivity index (χ1v) is 10.5. The zero-order valence-corrected chi connectivity index (χ0v) is 16.5. The number of amides is 1. The Labute approximate surface area is 163 Å². The van der Waals surface area contributed by atoms with Crippen molar-refractivity contribution in [3.05, 3.63) is 52.5 Å². The summed E-state index contributed by atoms with van der Waals surface area (Å²) in [6.07, 6.45) is 2.67. The molecule has 3 rings (SSSR count). The van der Waals surface area contributed by atoms with Crippen molar-refractivity contribution >= 4 is 33.2 Å². The van der Waals surface area contributed by atoms with Crippen molar-refractivity contribution in [2.75, 3.05) is 18.4 Å². The van der Waals surface area contributed by atoms with Gasteiger partial charge in [-0.05, 0) is 55.7 Å². The molecule has 0 atom stereocenters. The number of hydrogen-bond acceptors (Lipinski definition) is 4. The number of nitrogens with one attached hydrogen (secondary N) is 1. The van der Waals surface area contributed by atoms with Crippen LogP contribution in [0.3, 0.4) is 0 Å². The standard InChI is InChI=1S/C19H21ClN2O4S/c1-13-5-8-17(18(23)11-13)21-19(24)15-12-14(6-7-16(15)20)27(25,26)22-9-3-2-4-10-22/h5-8,11-12,23H,2-4,9-10H2,1H3,(H,21,24). The summed E-state index contributed by atoms with van der Waals surface area (Å²) in [6, 6.07) is 8.94.